The number of nitrogen functional groups attached to an aromatic ring is 1. The predicted molar refractivity (Wildman–Crippen MR) is 92.9 cm³/mol. The number of benzene rings is 1. The van der Waals surface area contributed by atoms with E-state index in [2.05, 4.69) is 9.97 Å². The molecule has 1 aromatic carbocycles. The summed E-state index contributed by atoms with van der Waals surface area (Å²) in [6, 6.07) is 9.48. The van der Waals surface area contributed by atoms with Gasteiger partial charge in [0.05, 0.1) is 16.9 Å². The van der Waals surface area contributed by atoms with Crippen LogP contribution in [-0.4, -0.2) is 30.5 Å². The van der Waals surface area contributed by atoms with Crippen LogP contribution in [0.2, 0.25) is 0 Å². The number of nitrogens with zero attached hydrogens (tertiary/aromatic N) is 4. The number of hydrogen-bond donors (Lipinski definition) is 2. The zero-order valence-corrected chi connectivity index (χ0v) is 13.5. The number of aliphatic carboxylic acids is 1. The number of para-hydroxylation sites is 2. The van der Waals surface area contributed by atoms with E-state index >= 15 is 0 Å². The summed E-state index contributed by atoms with van der Waals surface area (Å²) in [7, 11) is 0. The highest BCUT2D eigenvalue weighted by Crippen LogP contribution is 2.25. The van der Waals surface area contributed by atoms with Gasteiger partial charge in [-0.3, -0.25) is 19.5 Å². The number of anilines is 1. The average Bonchev–Trinajstić information content (AvgIpc) is 3.10. The molecule has 0 aliphatic carbocycles. The van der Waals surface area contributed by atoms with Crippen LogP contribution in [0.3, 0.4) is 0 Å². The van der Waals surface area contributed by atoms with Crippen LogP contribution in [0.1, 0.15) is 17.2 Å². The van der Waals surface area contributed by atoms with Gasteiger partial charge in [-0.25, -0.2) is 9.97 Å². The van der Waals surface area contributed by atoms with E-state index in [1.54, 1.807) is 30.3 Å². The van der Waals surface area contributed by atoms with Crippen molar-refractivity contribution in [3.63, 3.8) is 0 Å². The highest BCUT2D eigenvalue weighted by Gasteiger charge is 2.24. The largest absolute Gasteiger partial charge is 0.481 e. The molecule has 0 amide bonds. The molecule has 3 N–H and O–H groups in total. The second-order valence-electron chi connectivity index (χ2n) is 5.64. The van der Waals surface area contributed by atoms with Gasteiger partial charge in [-0.1, -0.05) is 18.2 Å². The Morgan fingerprint density at radius 1 is 1.27 bits per heavy atom. The van der Waals surface area contributed by atoms with Gasteiger partial charge in [0.25, 0.3) is 5.69 Å². The first-order valence-corrected chi connectivity index (χ1v) is 7.66. The van der Waals surface area contributed by atoms with Gasteiger partial charge < -0.3 is 10.8 Å². The molecule has 1 unspecified atom stereocenters. The lowest BCUT2D eigenvalue weighted by Crippen LogP contribution is -2.15. The van der Waals surface area contributed by atoms with Crippen LogP contribution in [0, 0.1) is 10.1 Å². The number of nitro groups is 1. The first kappa shape index (κ1) is 17.1. The zero-order chi connectivity index (χ0) is 18.7. The van der Waals surface area contributed by atoms with Gasteiger partial charge >= 0.3 is 5.97 Å². The van der Waals surface area contributed by atoms with Crippen LogP contribution < -0.4 is 5.73 Å². The lowest BCUT2D eigenvalue weighted by atomic mass is 9.98. The van der Waals surface area contributed by atoms with E-state index in [1.807, 2.05) is 0 Å². The van der Waals surface area contributed by atoms with E-state index in [1.165, 1.54) is 29.4 Å². The number of rotatable bonds is 6. The second kappa shape index (κ2) is 7.01. The molecular weight excluding hydrogens is 338 g/mol. The van der Waals surface area contributed by atoms with Crippen LogP contribution in [-0.2, 0) is 11.2 Å². The number of carboxylic acid groups (broad SMARTS) is 1. The van der Waals surface area contributed by atoms with Crippen molar-refractivity contribution in [2.24, 2.45) is 0 Å². The molecule has 1 atom stereocenters. The van der Waals surface area contributed by atoms with Gasteiger partial charge in [0.2, 0.25) is 0 Å². The van der Waals surface area contributed by atoms with Gasteiger partial charge in [-0.15, -0.1) is 0 Å². The van der Waals surface area contributed by atoms with E-state index in [0.717, 1.165) is 0 Å². The second-order valence-corrected chi connectivity index (χ2v) is 5.64. The number of carboxylic acids is 1. The monoisotopic (exact) mass is 353 g/mol. The molecule has 0 bridgehead atoms. The van der Waals surface area contributed by atoms with E-state index in [0.29, 0.717) is 22.8 Å². The Bertz CT molecular complexity index is 952. The Morgan fingerprint density at radius 2 is 2.04 bits per heavy atom. The number of imidazole rings is 1. The molecule has 0 aliphatic heterocycles. The molecule has 0 radical (unpaired) electrons. The standard InChI is InChI=1S/C17H15N5O4/c18-16-6-5-11(8-19-16)7-12(17(23)24)13-9-21(10-20-13)14-3-1-2-4-15(14)22(25)26/h1-6,8-10,12H,7H2,(H2,18,19)(H,23,24). The summed E-state index contributed by atoms with van der Waals surface area (Å²) in [5, 5.41) is 20.7. The first-order chi connectivity index (χ1) is 12.5. The fourth-order valence-electron chi connectivity index (χ4n) is 2.60. The average molecular weight is 353 g/mol. The van der Waals surface area contributed by atoms with Crippen LogP contribution in [0.15, 0.2) is 55.1 Å². The molecule has 132 valence electrons. The minimum Gasteiger partial charge on any atom is -0.481 e. The van der Waals surface area contributed by atoms with Crippen molar-refractivity contribution in [2.75, 3.05) is 5.73 Å². The number of aromatic nitrogens is 3. The van der Waals surface area contributed by atoms with Crippen molar-refractivity contribution < 1.29 is 14.8 Å². The van der Waals surface area contributed by atoms with Gasteiger partial charge in [0, 0.05) is 18.5 Å². The number of pyridine rings is 1. The molecular formula is C17H15N5O4. The molecule has 0 spiro atoms. The van der Waals surface area contributed by atoms with Crippen molar-refractivity contribution in [3.8, 4) is 5.69 Å². The summed E-state index contributed by atoms with van der Waals surface area (Å²) < 4.78 is 1.45. The summed E-state index contributed by atoms with van der Waals surface area (Å²) in [5.74, 6) is -1.61. The molecule has 3 rings (SSSR count). The first-order valence-electron chi connectivity index (χ1n) is 7.66. The number of carbonyl (C=O) groups is 1. The molecule has 9 heteroatoms. The Hall–Kier alpha value is -3.75. The Morgan fingerprint density at radius 3 is 2.69 bits per heavy atom. The maximum atomic E-state index is 11.7. The van der Waals surface area contributed by atoms with Crippen molar-refractivity contribution >= 4 is 17.5 Å². The van der Waals surface area contributed by atoms with Crippen LogP contribution in [0.25, 0.3) is 5.69 Å². The summed E-state index contributed by atoms with van der Waals surface area (Å²) in [6.07, 6.45) is 4.56. The van der Waals surface area contributed by atoms with Gasteiger partial charge in [-0.05, 0) is 24.1 Å². The zero-order valence-electron chi connectivity index (χ0n) is 13.5. The third-order valence-corrected chi connectivity index (χ3v) is 3.90. The van der Waals surface area contributed by atoms with Crippen molar-refractivity contribution in [1.82, 2.24) is 14.5 Å². The van der Waals surface area contributed by atoms with Gasteiger partial charge in [0.1, 0.15) is 17.4 Å². The van der Waals surface area contributed by atoms with E-state index < -0.39 is 16.8 Å². The highest BCUT2D eigenvalue weighted by atomic mass is 16.6. The number of nitro benzene ring substituents is 1. The van der Waals surface area contributed by atoms with Crippen LogP contribution in [0.4, 0.5) is 11.5 Å². The maximum absolute atomic E-state index is 11.7. The lowest BCUT2D eigenvalue weighted by molar-refractivity contribution is -0.384. The van der Waals surface area contributed by atoms with E-state index in [4.69, 9.17) is 5.73 Å². The van der Waals surface area contributed by atoms with Crippen molar-refractivity contribution in [1.29, 1.82) is 0 Å². The predicted octanol–water partition coefficient (Wildman–Crippen LogP) is 2.17. The molecule has 3 aromatic rings. The van der Waals surface area contributed by atoms with E-state index in [9.17, 15) is 20.0 Å². The van der Waals surface area contributed by atoms with Gasteiger partial charge in [0.15, 0.2) is 0 Å². The molecule has 0 aliphatic rings. The topological polar surface area (TPSA) is 137 Å². The fraction of sp³-hybridized carbons (Fsp3) is 0.118. The lowest BCUT2D eigenvalue weighted by Gasteiger charge is -2.10. The molecule has 2 heterocycles. The molecule has 26 heavy (non-hydrogen) atoms. The fourth-order valence-corrected chi connectivity index (χ4v) is 2.60. The van der Waals surface area contributed by atoms with Crippen LogP contribution in [0.5, 0.6) is 0 Å². The molecule has 0 fully saturated rings. The van der Waals surface area contributed by atoms with Gasteiger partial charge in [-0.2, -0.15) is 0 Å². The smallest absolute Gasteiger partial charge is 0.312 e. The summed E-state index contributed by atoms with van der Waals surface area (Å²) in [4.78, 5) is 30.5. The maximum Gasteiger partial charge on any atom is 0.312 e. The highest BCUT2D eigenvalue weighted by molar-refractivity contribution is 5.76. The Labute approximate surface area is 147 Å². The third kappa shape index (κ3) is 3.51. The molecule has 9 nitrogen and oxygen atoms in total. The summed E-state index contributed by atoms with van der Waals surface area (Å²) >= 11 is 0. The quantitative estimate of drug-likeness (QED) is 0.511. The Kier molecular flexibility index (Phi) is 4.61. The number of hydrogen-bond acceptors (Lipinski definition) is 6. The van der Waals surface area contributed by atoms with Crippen LogP contribution >= 0.6 is 0 Å². The normalized spacial score (nSPS) is 11.8. The minimum absolute atomic E-state index is 0.0916. The molecule has 0 saturated heterocycles. The molecule has 2 aromatic heterocycles. The number of nitrogens with two attached hydrogens (primary N) is 1. The Balaban J connectivity index is 1.92. The molecule has 0 saturated carbocycles. The SMILES string of the molecule is Nc1ccc(CC(C(=O)O)c2cn(-c3ccccc3[N+](=O)[O-])cn2)cn1. The minimum atomic E-state index is -1.05. The third-order valence-electron chi connectivity index (χ3n) is 3.90. The summed E-state index contributed by atoms with van der Waals surface area (Å²) in [6.45, 7) is 0. The van der Waals surface area contributed by atoms with Crippen molar-refractivity contribution in [3.05, 3.63) is 76.5 Å². The van der Waals surface area contributed by atoms with Crippen molar-refractivity contribution in [2.45, 2.75) is 12.3 Å². The summed E-state index contributed by atoms with van der Waals surface area (Å²) in [5.41, 5.74) is 6.76. The van der Waals surface area contributed by atoms with E-state index in [-0.39, 0.29) is 12.1 Å².